The third-order valence-electron chi connectivity index (χ3n) is 5.85. The van der Waals surface area contributed by atoms with Crippen LogP contribution in [0.25, 0.3) is 0 Å². The number of piperidine rings is 1. The molecular weight excluding hydrogens is 280 g/mol. The molecule has 0 aromatic rings. The van der Waals surface area contributed by atoms with E-state index < -0.39 is 12.0 Å². The van der Waals surface area contributed by atoms with Crippen LogP contribution in [0.1, 0.15) is 58.8 Å². The zero-order chi connectivity index (χ0) is 15.9. The van der Waals surface area contributed by atoms with Crippen molar-refractivity contribution in [2.75, 3.05) is 6.54 Å². The topological polar surface area (TPSA) is 60.9 Å². The van der Waals surface area contributed by atoms with Crippen LogP contribution >= 0.6 is 0 Å². The minimum Gasteiger partial charge on any atom is -0.480 e. The molecule has 2 saturated heterocycles. The van der Waals surface area contributed by atoms with Crippen LogP contribution in [0.2, 0.25) is 0 Å². The van der Waals surface area contributed by atoms with Crippen molar-refractivity contribution in [1.29, 1.82) is 0 Å². The lowest BCUT2D eigenvalue weighted by molar-refractivity contribution is -0.150. The van der Waals surface area contributed by atoms with Gasteiger partial charge in [0, 0.05) is 18.6 Å². The van der Waals surface area contributed by atoms with Gasteiger partial charge >= 0.3 is 5.97 Å². The summed E-state index contributed by atoms with van der Waals surface area (Å²) >= 11 is 0. The molecular formula is C17H28N2O3. The van der Waals surface area contributed by atoms with Crippen LogP contribution in [0.3, 0.4) is 0 Å². The van der Waals surface area contributed by atoms with Gasteiger partial charge in [-0.3, -0.25) is 14.5 Å². The van der Waals surface area contributed by atoms with Gasteiger partial charge in [-0.2, -0.15) is 0 Å². The number of carbonyl (C=O) groups excluding carboxylic acids is 1. The van der Waals surface area contributed by atoms with Crippen molar-refractivity contribution >= 4 is 11.9 Å². The Labute approximate surface area is 132 Å². The van der Waals surface area contributed by atoms with Crippen molar-refractivity contribution in [3.63, 3.8) is 0 Å². The molecule has 2 aliphatic heterocycles. The van der Waals surface area contributed by atoms with Gasteiger partial charge in [0.05, 0.1) is 6.04 Å². The van der Waals surface area contributed by atoms with Crippen molar-refractivity contribution in [2.45, 2.75) is 83.0 Å². The second kappa shape index (κ2) is 6.19. The van der Waals surface area contributed by atoms with Gasteiger partial charge in [0.1, 0.15) is 6.04 Å². The van der Waals surface area contributed by atoms with E-state index in [1.165, 1.54) is 12.8 Å². The van der Waals surface area contributed by atoms with E-state index in [1.807, 2.05) is 18.7 Å². The summed E-state index contributed by atoms with van der Waals surface area (Å²) in [7, 11) is 0. The number of carboxylic acids is 1. The second-order valence-electron chi connectivity index (χ2n) is 7.43. The molecule has 22 heavy (non-hydrogen) atoms. The lowest BCUT2D eigenvalue weighted by Crippen LogP contribution is -2.59. The highest BCUT2D eigenvalue weighted by Gasteiger charge is 2.50. The first-order valence-corrected chi connectivity index (χ1v) is 8.81. The summed E-state index contributed by atoms with van der Waals surface area (Å²) in [5, 5.41) is 9.66. The first-order valence-electron chi connectivity index (χ1n) is 8.81. The number of carbonyl (C=O) groups is 2. The van der Waals surface area contributed by atoms with Crippen LogP contribution in [-0.2, 0) is 9.59 Å². The maximum atomic E-state index is 12.9. The maximum absolute atomic E-state index is 12.9. The fourth-order valence-corrected chi connectivity index (χ4v) is 4.84. The monoisotopic (exact) mass is 308 g/mol. The predicted molar refractivity (Wildman–Crippen MR) is 83.5 cm³/mol. The smallest absolute Gasteiger partial charge is 0.320 e. The van der Waals surface area contributed by atoms with Gasteiger partial charge in [0.15, 0.2) is 0 Å². The highest BCUT2D eigenvalue weighted by Crippen LogP contribution is 2.42. The SMILES string of the molecule is CC(C)N1CCC[C@H](N2[C@H](C(=O)O)C[C@@H]3CCCC[C@@H]32)C1=O. The molecule has 1 saturated carbocycles. The molecule has 0 unspecified atom stereocenters. The summed E-state index contributed by atoms with van der Waals surface area (Å²) in [5.74, 6) is -0.125. The summed E-state index contributed by atoms with van der Waals surface area (Å²) in [6, 6.07) is -0.182. The van der Waals surface area contributed by atoms with Crippen molar-refractivity contribution in [3.05, 3.63) is 0 Å². The van der Waals surface area contributed by atoms with Crippen molar-refractivity contribution in [1.82, 2.24) is 9.80 Å². The Kier molecular flexibility index (Phi) is 4.44. The number of hydrogen-bond acceptors (Lipinski definition) is 3. The summed E-state index contributed by atoms with van der Waals surface area (Å²) in [6.07, 6.45) is 7.08. The molecule has 2 heterocycles. The number of nitrogens with zero attached hydrogens (tertiary/aromatic N) is 2. The van der Waals surface area contributed by atoms with Crippen LogP contribution < -0.4 is 0 Å². The van der Waals surface area contributed by atoms with Crippen LogP contribution in [-0.4, -0.2) is 57.5 Å². The van der Waals surface area contributed by atoms with E-state index in [9.17, 15) is 14.7 Å². The molecule has 5 nitrogen and oxygen atoms in total. The molecule has 3 fully saturated rings. The maximum Gasteiger partial charge on any atom is 0.320 e. The van der Waals surface area contributed by atoms with Crippen molar-refractivity contribution in [3.8, 4) is 0 Å². The zero-order valence-corrected chi connectivity index (χ0v) is 13.7. The van der Waals surface area contributed by atoms with Gasteiger partial charge < -0.3 is 10.0 Å². The minimum atomic E-state index is -0.746. The number of hydrogen-bond donors (Lipinski definition) is 1. The predicted octanol–water partition coefficient (Wildman–Crippen LogP) is 2.10. The van der Waals surface area contributed by atoms with E-state index in [1.54, 1.807) is 0 Å². The lowest BCUT2D eigenvalue weighted by Gasteiger charge is -2.43. The molecule has 0 aromatic heterocycles. The Morgan fingerprint density at radius 1 is 1.18 bits per heavy atom. The normalized spacial score (nSPS) is 36.7. The van der Waals surface area contributed by atoms with Gasteiger partial charge in [-0.05, 0) is 51.9 Å². The number of amides is 1. The standard InChI is InChI=1S/C17H28N2O3/c1-11(2)18-9-5-8-14(16(18)20)19-13-7-4-3-6-12(13)10-15(19)17(21)22/h11-15H,3-10H2,1-2H3,(H,21,22)/t12-,13-,14-,15-/m0/s1. The first kappa shape index (κ1) is 15.8. The number of likely N-dealkylation sites (tertiary alicyclic amines) is 2. The average molecular weight is 308 g/mol. The molecule has 4 atom stereocenters. The Morgan fingerprint density at radius 3 is 2.59 bits per heavy atom. The minimum absolute atomic E-state index is 0.152. The van der Waals surface area contributed by atoms with E-state index in [2.05, 4.69) is 4.90 Å². The van der Waals surface area contributed by atoms with Gasteiger partial charge in [0.2, 0.25) is 5.91 Å². The fraction of sp³-hybridized carbons (Fsp3) is 0.882. The van der Waals surface area contributed by atoms with Crippen LogP contribution in [0.4, 0.5) is 0 Å². The first-order chi connectivity index (χ1) is 10.5. The van der Waals surface area contributed by atoms with E-state index in [0.717, 1.165) is 38.6 Å². The molecule has 0 spiro atoms. The Hall–Kier alpha value is -1.10. The number of aliphatic carboxylic acids is 1. The zero-order valence-electron chi connectivity index (χ0n) is 13.7. The Morgan fingerprint density at radius 2 is 1.91 bits per heavy atom. The van der Waals surface area contributed by atoms with E-state index in [4.69, 9.17) is 0 Å². The van der Waals surface area contributed by atoms with Crippen LogP contribution in [0, 0.1) is 5.92 Å². The van der Waals surface area contributed by atoms with Gasteiger partial charge in [-0.1, -0.05) is 12.8 Å². The average Bonchev–Trinajstić information content (AvgIpc) is 2.87. The molecule has 1 aliphatic carbocycles. The fourth-order valence-electron chi connectivity index (χ4n) is 4.84. The molecule has 3 rings (SSSR count). The number of fused-ring (bicyclic) bond motifs is 1. The Bertz CT molecular complexity index is 451. The van der Waals surface area contributed by atoms with Gasteiger partial charge in [-0.15, -0.1) is 0 Å². The largest absolute Gasteiger partial charge is 0.480 e. The van der Waals surface area contributed by atoms with Gasteiger partial charge in [0.25, 0.3) is 0 Å². The van der Waals surface area contributed by atoms with E-state index >= 15 is 0 Å². The summed E-state index contributed by atoms with van der Waals surface area (Å²) in [4.78, 5) is 28.7. The Balaban J connectivity index is 1.86. The number of carboxylic acid groups (broad SMARTS) is 1. The molecule has 0 radical (unpaired) electrons. The molecule has 1 amide bonds. The third-order valence-corrected chi connectivity index (χ3v) is 5.85. The number of rotatable bonds is 3. The molecule has 5 heteroatoms. The van der Waals surface area contributed by atoms with Crippen LogP contribution in [0.5, 0.6) is 0 Å². The lowest BCUT2D eigenvalue weighted by atomic mass is 9.84. The molecule has 3 aliphatic rings. The van der Waals surface area contributed by atoms with E-state index in [0.29, 0.717) is 12.0 Å². The van der Waals surface area contributed by atoms with Crippen molar-refractivity contribution < 1.29 is 14.7 Å². The quantitative estimate of drug-likeness (QED) is 0.867. The summed E-state index contributed by atoms with van der Waals surface area (Å²) < 4.78 is 0. The second-order valence-corrected chi connectivity index (χ2v) is 7.43. The molecule has 124 valence electrons. The molecule has 0 aromatic carbocycles. The van der Waals surface area contributed by atoms with E-state index in [-0.39, 0.29) is 18.0 Å². The molecule has 1 N–H and O–H groups in total. The van der Waals surface area contributed by atoms with Crippen LogP contribution in [0.15, 0.2) is 0 Å². The van der Waals surface area contributed by atoms with Gasteiger partial charge in [-0.25, -0.2) is 0 Å². The highest BCUT2D eigenvalue weighted by atomic mass is 16.4. The van der Waals surface area contributed by atoms with Crippen molar-refractivity contribution in [2.24, 2.45) is 5.92 Å². The highest BCUT2D eigenvalue weighted by molar-refractivity contribution is 5.84. The molecule has 0 bridgehead atoms. The third kappa shape index (κ3) is 2.64. The summed E-state index contributed by atoms with van der Waals surface area (Å²) in [5.41, 5.74) is 0. The summed E-state index contributed by atoms with van der Waals surface area (Å²) in [6.45, 7) is 4.90.